The van der Waals surface area contributed by atoms with Gasteiger partial charge < -0.3 is 19.2 Å². The molecule has 0 aliphatic rings. The third-order valence-corrected chi connectivity index (χ3v) is 4.15. The molecule has 4 aromatic rings. The Bertz CT molecular complexity index is 1020. The second-order valence-electron chi connectivity index (χ2n) is 5.78. The zero-order valence-corrected chi connectivity index (χ0v) is 14.5. The lowest BCUT2D eigenvalue weighted by molar-refractivity contribution is 0.415. The molecule has 5 nitrogen and oxygen atoms in total. The van der Waals surface area contributed by atoms with E-state index in [1.165, 1.54) is 0 Å². The third-order valence-electron chi connectivity index (χ3n) is 4.15. The number of methoxy groups -OCH3 is 2. The molecule has 4 rings (SSSR count). The van der Waals surface area contributed by atoms with Gasteiger partial charge in [0, 0.05) is 5.69 Å². The van der Waals surface area contributed by atoms with Crippen molar-refractivity contribution in [2.24, 2.45) is 0 Å². The van der Waals surface area contributed by atoms with Crippen LogP contribution in [0.5, 0.6) is 11.5 Å². The van der Waals surface area contributed by atoms with Gasteiger partial charge in [0.1, 0.15) is 17.0 Å². The molecule has 0 unspecified atom stereocenters. The SMILES string of the molecule is COc1ccc(Nc2nc3cc(-c4ccc(OC)cc4)ccc3o2)cc1. The summed E-state index contributed by atoms with van der Waals surface area (Å²) in [6.45, 7) is 0. The molecule has 0 aliphatic carbocycles. The number of rotatable bonds is 5. The first kappa shape index (κ1) is 16.0. The lowest BCUT2D eigenvalue weighted by Crippen LogP contribution is -1.90. The van der Waals surface area contributed by atoms with Crippen molar-refractivity contribution in [2.45, 2.75) is 0 Å². The summed E-state index contributed by atoms with van der Waals surface area (Å²) in [7, 11) is 3.30. The zero-order valence-electron chi connectivity index (χ0n) is 14.5. The molecule has 0 saturated heterocycles. The minimum atomic E-state index is 0.456. The highest BCUT2D eigenvalue weighted by atomic mass is 16.5. The van der Waals surface area contributed by atoms with Crippen LogP contribution in [0, 0.1) is 0 Å². The number of aromatic nitrogens is 1. The first-order valence-corrected chi connectivity index (χ1v) is 8.21. The summed E-state index contributed by atoms with van der Waals surface area (Å²) in [6.07, 6.45) is 0. The van der Waals surface area contributed by atoms with E-state index in [4.69, 9.17) is 13.9 Å². The summed E-state index contributed by atoms with van der Waals surface area (Å²) < 4.78 is 16.2. The summed E-state index contributed by atoms with van der Waals surface area (Å²) >= 11 is 0. The van der Waals surface area contributed by atoms with Crippen LogP contribution in [0.25, 0.3) is 22.2 Å². The molecule has 0 atom stereocenters. The van der Waals surface area contributed by atoms with Gasteiger partial charge >= 0.3 is 0 Å². The maximum atomic E-state index is 5.78. The van der Waals surface area contributed by atoms with Gasteiger partial charge in [-0.3, -0.25) is 0 Å². The fraction of sp³-hybridized carbons (Fsp3) is 0.0952. The average molecular weight is 346 g/mol. The van der Waals surface area contributed by atoms with Gasteiger partial charge in [-0.05, 0) is 59.7 Å². The van der Waals surface area contributed by atoms with Gasteiger partial charge in [-0.1, -0.05) is 18.2 Å². The number of nitrogens with zero attached hydrogens (tertiary/aromatic N) is 1. The minimum Gasteiger partial charge on any atom is -0.497 e. The quantitative estimate of drug-likeness (QED) is 0.534. The van der Waals surface area contributed by atoms with E-state index >= 15 is 0 Å². The van der Waals surface area contributed by atoms with Crippen LogP contribution in [0.2, 0.25) is 0 Å². The van der Waals surface area contributed by atoms with Crippen LogP contribution in [0.1, 0.15) is 0 Å². The molecule has 0 spiro atoms. The number of fused-ring (bicyclic) bond motifs is 1. The van der Waals surface area contributed by atoms with Crippen molar-refractivity contribution >= 4 is 22.8 Å². The molecule has 5 heteroatoms. The molecule has 1 aromatic heterocycles. The molecule has 130 valence electrons. The molecule has 26 heavy (non-hydrogen) atoms. The number of oxazole rings is 1. The Morgan fingerprint density at radius 2 is 1.38 bits per heavy atom. The summed E-state index contributed by atoms with van der Waals surface area (Å²) in [6, 6.07) is 21.9. The lowest BCUT2D eigenvalue weighted by atomic mass is 10.1. The topological polar surface area (TPSA) is 56.5 Å². The molecule has 0 aliphatic heterocycles. The Labute approximate surface area is 151 Å². The van der Waals surface area contributed by atoms with E-state index in [0.29, 0.717) is 6.01 Å². The fourth-order valence-electron chi connectivity index (χ4n) is 2.74. The number of hydrogen-bond acceptors (Lipinski definition) is 5. The number of hydrogen-bond donors (Lipinski definition) is 1. The van der Waals surface area contributed by atoms with Crippen molar-refractivity contribution in [3.8, 4) is 22.6 Å². The highest BCUT2D eigenvalue weighted by molar-refractivity contribution is 5.82. The maximum Gasteiger partial charge on any atom is 0.300 e. The molecule has 1 N–H and O–H groups in total. The number of ether oxygens (including phenoxy) is 2. The van der Waals surface area contributed by atoms with Crippen molar-refractivity contribution in [3.63, 3.8) is 0 Å². The van der Waals surface area contributed by atoms with E-state index in [1.54, 1.807) is 14.2 Å². The largest absolute Gasteiger partial charge is 0.497 e. The van der Waals surface area contributed by atoms with Crippen molar-refractivity contribution < 1.29 is 13.9 Å². The number of anilines is 2. The Kier molecular flexibility index (Phi) is 4.19. The van der Waals surface area contributed by atoms with Crippen LogP contribution >= 0.6 is 0 Å². The van der Waals surface area contributed by atoms with Gasteiger partial charge in [-0.25, -0.2) is 0 Å². The van der Waals surface area contributed by atoms with Crippen LogP contribution in [0.3, 0.4) is 0 Å². The molecule has 0 bridgehead atoms. The normalized spacial score (nSPS) is 10.7. The van der Waals surface area contributed by atoms with Crippen LogP contribution in [-0.4, -0.2) is 19.2 Å². The summed E-state index contributed by atoms with van der Waals surface area (Å²) in [4.78, 5) is 4.54. The molecule has 0 saturated carbocycles. The minimum absolute atomic E-state index is 0.456. The summed E-state index contributed by atoms with van der Waals surface area (Å²) in [5.74, 6) is 1.64. The van der Waals surface area contributed by atoms with Crippen LogP contribution in [0.4, 0.5) is 11.7 Å². The number of nitrogens with one attached hydrogen (secondary N) is 1. The van der Waals surface area contributed by atoms with Crippen molar-refractivity contribution in [3.05, 3.63) is 66.7 Å². The first-order chi connectivity index (χ1) is 12.7. The second-order valence-corrected chi connectivity index (χ2v) is 5.78. The highest BCUT2D eigenvalue weighted by Gasteiger charge is 2.08. The van der Waals surface area contributed by atoms with E-state index in [9.17, 15) is 0 Å². The molecular formula is C21H18N2O3. The van der Waals surface area contributed by atoms with Crippen LogP contribution < -0.4 is 14.8 Å². The van der Waals surface area contributed by atoms with Gasteiger partial charge in [-0.15, -0.1) is 0 Å². The van der Waals surface area contributed by atoms with Crippen molar-refractivity contribution in [1.29, 1.82) is 0 Å². The number of benzene rings is 3. The zero-order chi connectivity index (χ0) is 17.9. The Balaban J connectivity index is 1.60. The molecule has 0 amide bonds. The van der Waals surface area contributed by atoms with Crippen LogP contribution in [-0.2, 0) is 0 Å². The summed E-state index contributed by atoms with van der Waals surface area (Å²) in [5, 5.41) is 3.17. The Hall–Kier alpha value is -3.47. The Morgan fingerprint density at radius 3 is 2.04 bits per heavy atom. The van der Waals surface area contributed by atoms with Crippen molar-refractivity contribution in [2.75, 3.05) is 19.5 Å². The van der Waals surface area contributed by atoms with Crippen molar-refractivity contribution in [1.82, 2.24) is 4.98 Å². The van der Waals surface area contributed by atoms with Gasteiger partial charge in [0.2, 0.25) is 0 Å². The van der Waals surface area contributed by atoms with E-state index in [-0.39, 0.29) is 0 Å². The van der Waals surface area contributed by atoms with E-state index in [0.717, 1.165) is 39.4 Å². The molecule has 3 aromatic carbocycles. The molecular weight excluding hydrogens is 328 g/mol. The second kappa shape index (κ2) is 6.80. The lowest BCUT2D eigenvalue weighted by Gasteiger charge is -2.03. The monoisotopic (exact) mass is 346 g/mol. The maximum absolute atomic E-state index is 5.78. The van der Waals surface area contributed by atoms with Gasteiger partial charge in [0.05, 0.1) is 14.2 Å². The first-order valence-electron chi connectivity index (χ1n) is 8.21. The molecule has 1 heterocycles. The van der Waals surface area contributed by atoms with Crippen LogP contribution in [0.15, 0.2) is 71.1 Å². The van der Waals surface area contributed by atoms with Gasteiger partial charge in [0.15, 0.2) is 5.58 Å². The Morgan fingerprint density at radius 1 is 0.769 bits per heavy atom. The predicted octanol–water partition coefficient (Wildman–Crippen LogP) is 5.26. The molecule has 0 fully saturated rings. The predicted molar refractivity (Wildman–Crippen MR) is 102 cm³/mol. The third kappa shape index (κ3) is 3.19. The van der Waals surface area contributed by atoms with Gasteiger partial charge in [-0.2, -0.15) is 4.98 Å². The fourth-order valence-corrected chi connectivity index (χ4v) is 2.74. The molecule has 0 radical (unpaired) electrons. The van der Waals surface area contributed by atoms with E-state index in [1.807, 2.05) is 66.7 Å². The average Bonchev–Trinajstić information content (AvgIpc) is 3.10. The van der Waals surface area contributed by atoms with E-state index in [2.05, 4.69) is 10.3 Å². The highest BCUT2D eigenvalue weighted by Crippen LogP contribution is 2.28. The standard InChI is InChI=1S/C21H18N2O3/c1-24-17-8-3-14(4-9-17)15-5-12-20-19(13-15)23-21(26-20)22-16-6-10-18(25-2)11-7-16/h3-13H,1-2H3,(H,22,23). The summed E-state index contributed by atoms with van der Waals surface area (Å²) in [5.41, 5.74) is 4.59. The van der Waals surface area contributed by atoms with Gasteiger partial charge in [0.25, 0.3) is 6.01 Å². The smallest absolute Gasteiger partial charge is 0.300 e. The van der Waals surface area contributed by atoms with E-state index < -0.39 is 0 Å².